The van der Waals surface area contributed by atoms with Crippen LogP contribution in [0.4, 0.5) is 0 Å². The lowest BCUT2D eigenvalue weighted by Crippen LogP contribution is -1.99. The molecule has 0 aliphatic carbocycles. The zero-order valence-electron chi connectivity index (χ0n) is 10.0. The van der Waals surface area contributed by atoms with Crippen molar-refractivity contribution in [3.63, 3.8) is 0 Å². The first-order valence-electron chi connectivity index (χ1n) is 5.29. The summed E-state index contributed by atoms with van der Waals surface area (Å²) in [7, 11) is 1.60. The SMILES string of the molecule is COc1ccc(-c2noc(CC(=O)O)n2)cc1C. The summed E-state index contributed by atoms with van der Waals surface area (Å²) in [5, 5.41) is 12.4. The fourth-order valence-electron chi connectivity index (χ4n) is 1.59. The number of carboxylic acids is 1. The summed E-state index contributed by atoms with van der Waals surface area (Å²) in [6.45, 7) is 1.90. The lowest BCUT2D eigenvalue weighted by atomic mass is 10.1. The molecule has 2 aromatic rings. The Morgan fingerprint density at radius 2 is 2.28 bits per heavy atom. The van der Waals surface area contributed by atoms with E-state index >= 15 is 0 Å². The van der Waals surface area contributed by atoms with Crippen molar-refractivity contribution < 1.29 is 19.2 Å². The Bertz CT molecular complexity index is 577. The number of nitrogens with zero attached hydrogens (tertiary/aromatic N) is 2. The molecular formula is C12H12N2O4. The molecule has 6 nitrogen and oxygen atoms in total. The molecule has 0 aliphatic heterocycles. The molecule has 0 fully saturated rings. The normalized spacial score (nSPS) is 10.3. The minimum atomic E-state index is -1.00. The number of ether oxygens (including phenoxy) is 1. The van der Waals surface area contributed by atoms with Crippen LogP contribution in [-0.4, -0.2) is 28.3 Å². The van der Waals surface area contributed by atoms with E-state index in [0.29, 0.717) is 5.82 Å². The minimum Gasteiger partial charge on any atom is -0.496 e. The number of aryl methyl sites for hydroxylation is 1. The van der Waals surface area contributed by atoms with Crippen molar-refractivity contribution in [3.8, 4) is 17.1 Å². The number of carbonyl (C=O) groups is 1. The van der Waals surface area contributed by atoms with Crippen LogP contribution in [0.1, 0.15) is 11.5 Å². The van der Waals surface area contributed by atoms with Crippen molar-refractivity contribution in [1.29, 1.82) is 0 Å². The lowest BCUT2D eigenvalue weighted by Gasteiger charge is -2.04. The third kappa shape index (κ3) is 2.48. The molecule has 1 heterocycles. The molecule has 2 rings (SSSR count). The van der Waals surface area contributed by atoms with Gasteiger partial charge in [-0.3, -0.25) is 4.79 Å². The molecule has 0 radical (unpaired) electrons. The van der Waals surface area contributed by atoms with E-state index in [4.69, 9.17) is 14.4 Å². The molecule has 1 aromatic heterocycles. The van der Waals surface area contributed by atoms with Crippen LogP contribution in [0.2, 0.25) is 0 Å². The third-order valence-electron chi connectivity index (χ3n) is 2.42. The van der Waals surface area contributed by atoms with Gasteiger partial charge in [-0.15, -0.1) is 0 Å². The summed E-state index contributed by atoms with van der Waals surface area (Å²) < 4.78 is 10.0. The van der Waals surface area contributed by atoms with Crippen LogP contribution in [0.25, 0.3) is 11.4 Å². The van der Waals surface area contributed by atoms with Gasteiger partial charge in [0, 0.05) is 5.56 Å². The Hall–Kier alpha value is -2.37. The Morgan fingerprint density at radius 3 is 2.89 bits per heavy atom. The Morgan fingerprint density at radius 1 is 1.50 bits per heavy atom. The fraction of sp³-hybridized carbons (Fsp3) is 0.250. The summed E-state index contributed by atoms with van der Waals surface area (Å²) >= 11 is 0. The van der Waals surface area contributed by atoms with E-state index in [-0.39, 0.29) is 12.3 Å². The second-order valence-corrected chi connectivity index (χ2v) is 3.77. The average molecular weight is 248 g/mol. The molecule has 94 valence electrons. The van der Waals surface area contributed by atoms with E-state index in [2.05, 4.69) is 10.1 Å². The summed E-state index contributed by atoms with van der Waals surface area (Å²) in [6.07, 6.45) is -0.276. The molecule has 0 bridgehead atoms. The van der Waals surface area contributed by atoms with E-state index < -0.39 is 5.97 Å². The smallest absolute Gasteiger partial charge is 0.312 e. The van der Waals surface area contributed by atoms with Gasteiger partial charge in [-0.1, -0.05) is 5.16 Å². The molecule has 0 atom stereocenters. The molecule has 0 saturated carbocycles. The van der Waals surface area contributed by atoms with Crippen molar-refractivity contribution in [2.75, 3.05) is 7.11 Å². The predicted molar refractivity (Wildman–Crippen MR) is 62.4 cm³/mol. The van der Waals surface area contributed by atoms with E-state index in [0.717, 1.165) is 16.9 Å². The van der Waals surface area contributed by atoms with Crippen molar-refractivity contribution in [3.05, 3.63) is 29.7 Å². The Labute approximate surface area is 103 Å². The van der Waals surface area contributed by atoms with Crippen LogP contribution in [0.3, 0.4) is 0 Å². The molecule has 1 N–H and O–H groups in total. The van der Waals surface area contributed by atoms with Gasteiger partial charge in [0.25, 0.3) is 0 Å². The minimum absolute atomic E-state index is 0.0889. The maximum atomic E-state index is 10.5. The molecule has 18 heavy (non-hydrogen) atoms. The molecular weight excluding hydrogens is 236 g/mol. The van der Waals surface area contributed by atoms with Gasteiger partial charge in [0.05, 0.1) is 7.11 Å². The number of benzene rings is 1. The van der Waals surface area contributed by atoms with Gasteiger partial charge in [0.1, 0.15) is 12.2 Å². The number of rotatable bonds is 4. The second-order valence-electron chi connectivity index (χ2n) is 3.77. The van der Waals surface area contributed by atoms with Gasteiger partial charge < -0.3 is 14.4 Å². The van der Waals surface area contributed by atoms with E-state index in [1.54, 1.807) is 19.2 Å². The summed E-state index contributed by atoms with van der Waals surface area (Å²) in [5.74, 6) is 0.229. The standard InChI is InChI=1S/C12H12N2O4/c1-7-5-8(3-4-9(7)17-2)12-13-10(18-14-12)6-11(15)16/h3-5H,6H2,1-2H3,(H,15,16). The molecule has 0 aliphatic rings. The van der Waals surface area contributed by atoms with Crippen molar-refractivity contribution in [1.82, 2.24) is 10.1 Å². The highest BCUT2D eigenvalue weighted by Crippen LogP contribution is 2.24. The van der Waals surface area contributed by atoms with Gasteiger partial charge in [-0.2, -0.15) is 4.98 Å². The maximum Gasteiger partial charge on any atom is 0.312 e. The van der Waals surface area contributed by atoms with Gasteiger partial charge in [0.2, 0.25) is 11.7 Å². The number of hydrogen-bond donors (Lipinski definition) is 1. The average Bonchev–Trinajstić information content (AvgIpc) is 2.76. The predicted octanol–water partition coefficient (Wildman–Crippen LogP) is 1.68. The molecule has 6 heteroatoms. The van der Waals surface area contributed by atoms with E-state index in [9.17, 15) is 4.79 Å². The lowest BCUT2D eigenvalue weighted by molar-refractivity contribution is -0.136. The van der Waals surface area contributed by atoms with Crippen molar-refractivity contribution in [2.24, 2.45) is 0 Å². The number of aliphatic carboxylic acids is 1. The topological polar surface area (TPSA) is 85.5 Å². The molecule has 0 amide bonds. The van der Waals surface area contributed by atoms with Crippen LogP contribution in [0.5, 0.6) is 5.75 Å². The van der Waals surface area contributed by atoms with E-state index in [1.165, 1.54) is 0 Å². The largest absolute Gasteiger partial charge is 0.496 e. The van der Waals surface area contributed by atoms with Crippen LogP contribution in [0.15, 0.2) is 22.7 Å². The highest BCUT2D eigenvalue weighted by Gasteiger charge is 2.12. The number of aromatic nitrogens is 2. The monoisotopic (exact) mass is 248 g/mol. The molecule has 0 unspecified atom stereocenters. The molecule has 1 aromatic carbocycles. The number of hydrogen-bond acceptors (Lipinski definition) is 5. The van der Waals surface area contributed by atoms with Gasteiger partial charge in [-0.05, 0) is 30.7 Å². The summed E-state index contributed by atoms with van der Waals surface area (Å²) in [6, 6.07) is 5.45. The maximum absolute atomic E-state index is 10.5. The quantitative estimate of drug-likeness (QED) is 0.885. The van der Waals surface area contributed by atoms with Crippen LogP contribution in [0, 0.1) is 6.92 Å². The van der Waals surface area contributed by atoms with Gasteiger partial charge >= 0.3 is 5.97 Å². The zero-order valence-corrected chi connectivity index (χ0v) is 10.0. The Balaban J connectivity index is 2.28. The highest BCUT2D eigenvalue weighted by molar-refractivity contribution is 5.69. The first-order valence-corrected chi connectivity index (χ1v) is 5.29. The zero-order chi connectivity index (χ0) is 13.1. The third-order valence-corrected chi connectivity index (χ3v) is 2.42. The first kappa shape index (κ1) is 12.1. The highest BCUT2D eigenvalue weighted by atomic mass is 16.5. The van der Waals surface area contributed by atoms with Gasteiger partial charge in [-0.25, -0.2) is 0 Å². The number of methoxy groups -OCH3 is 1. The van der Waals surface area contributed by atoms with Crippen molar-refractivity contribution in [2.45, 2.75) is 13.3 Å². The summed E-state index contributed by atoms with van der Waals surface area (Å²) in [4.78, 5) is 14.5. The fourth-order valence-corrected chi connectivity index (χ4v) is 1.59. The summed E-state index contributed by atoms with van der Waals surface area (Å²) in [5.41, 5.74) is 1.70. The van der Waals surface area contributed by atoms with Gasteiger partial charge in [0.15, 0.2) is 0 Å². The Kier molecular flexibility index (Phi) is 3.27. The van der Waals surface area contributed by atoms with Crippen LogP contribution >= 0.6 is 0 Å². The van der Waals surface area contributed by atoms with Crippen LogP contribution < -0.4 is 4.74 Å². The first-order chi connectivity index (χ1) is 8.60. The number of carboxylic acid groups (broad SMARTS) is 1. The molecule has 0 spiro atoms. The van der Waals surface area contributed by atoms with Crippen molar-refractivity contribution >= 4 is 5.97 Å². The molecule has 0 saturated heterocycles. The second kappa shape index (κ2) is 4.87. The van der Waals surface area contributed by atoms with E-state index in [1.807, 2.05) is 13.0 Å². The van der Waals surface area contributed by atoms with Crippen LogP contribution in [-0.2, 0) is 11.2 Å².